The fourth-order valence-corrected chi connectivity index (χ4v) is 2.72. The van der Waals surface area contributed by atoms with E-state index >= 15 is 0 Å². The number of anilines is 1. The molecule has 0 unspecified atom stereocenters. The third-order valence-corrected chi connectivity index (χ3v) is 4.67. The summed E-state index contributed by atoms with van der Waals surface area (Å²) in [5, 5.41) is 0. The van der Waals surface area contributed by atoms with Gasteiger partial charge in [-0.05, 0) is 62.4 Å². The fourth-order valence-electron chi connectivity index (χ4n) is 1.83. The molecule has 2 aromatic rings. The van der Waals surface area contributed by atoms with Gasteiger partial charge in [0.2, 0.25) is 10.0 Å². The molecular weight excluding hydrogens is 288 g/mol. The molecule has 0 atom stereocenters. The normalized spacial score (nSPS) is 11.4. The molecule has 0 fully saturated rings. The minimum atomic E-state index is -3.64. The number of sulfonamides is 1. The number of nitrogens with one attached hydrogen (secondary N) is 1. The summed E-state index contributed by atoms with van der Waals surface area (Å²) in [5.41, 5.74) is 8.24. The second-order valence-corrected chi connectivity index (χ2v) is 6.62. The number of nitrogens with two attached hydrogens (primary N) is 1. The van der Waals surface area contributed by atoms with Gasteiger partial charge in [-0.2, -0.15) is 0 Å². The second-order valence-electron chi connectivity index (χ2n) is 4.76. The lowest BCUT2D eigenvalue weighted by molar-refractivity contribution is 0.466. The highest BCUT2D eigenvalue weighted by Gasteiger charge is 2.19. The summed E-state index contributed by atoms with van der Waals surface area (Å²) < 4.78 is 32.1. The van der Waals surface area contributed by atoms with Crippen LogP contribution in [0.25, 0.3) is 0 Å². The van der Waals surface area contributed by atoms with Crippen LogP contribution >= 0.6 is 0 Å². The predicted octanol–water partition coefficient (Wildman–Crippen LogP) is 2.59. The summed E-state index contributed by atoms with van der Waals surface area (Å²) in [6.07, 6.45) is 0. The van der Waals surface area contributed by atoms with Gasteiger partial charge >= 0.3 is 0 Å². The Labute approximate surface area is 124 Å². The van der Waals surface area contributed by atoms with Gasteiger partial charge in [-0.15, -0.1) is 0 Å². The fraction of sp³-hybridized carbons (Fsp3) is 0.200. The van der Waals surface area contributed by atoms with Gasteiger partial charge in [-0.1, -0.05) is 6.07 Å². The molecule has 0 amide bonds. The Hall–Kier alpha value is -2.05. The van der Waals surface area contributed by atoms with Crippen LogP contribution in [0.3, 0.4) is 0 Å². The Morgan fingerprint density at radius 1 is 1.05 bits per heavy atom. The van der Waals surface area contributed by atoms with Crippen LogP contribution < -0.4 is 15.2 Å². The summed E-state index contributed by atoms with van der Waals surface area (Å²) in [6, 6.07) is 10.1. The molecule has 0 aliphatic rings. The van der Waals surface area contributed by atoms with Crippen molar-refractivity contribution in [3.05, 3.63) is 47.5 Å². The van der Waals surface area contributed by atoms with Gasteiger partial charge in [0.15, 0.2) is 0 Å². The molecule has 0 saturated carbocycles. The van der Waals surface area contributed by atoms with Crippen molar-refractivity contribution in [1.82, 2.24) is 4.72 Å². The second kappa shape index (κ2) is 5.75. The lowest BCUT2D eigenvalue weighted by Crippen LogP contribution is -2.19. The first-order valence-electron chi connectivity index (χ1n) is 6.41. The van der Waals surface area contributed by atoms with Crippen LogP contribution in [0.2, 0.25) is 0 Å². The van der Waals surface area contributed by atoms with Gasteiger partial charge in [0.05, 0.1) is 0 Å². The van der Waals surface area contributed by atoms with E-state index in [4.69, 9.17) is 10.5 Å². The van der Waals surface area contributed by atoms with Crippen molar-refractivity contribution in [1.29, 1.82) is 0 Å². The van der Waals surface area contributed by atoms with Gasteiger partial charge in [0.1, 0.15) is 16.4 Å². The van der Waals surface area contributed by atoms with E-state index < -0.39 is 10.0 Å². The maximum Gasteiger partial charge on any atom is 0.244 e. The third kappa shape index (κ3) is 3.34. The minimum Gasteiger partial charge on any atom is -0.456 e. The molecule has 0 aromatic heterocycles. The summed E-state index contributed by atoms with van der Waals surface area (Å²) in [6.45, 7) is 3.97. The minimum absolute atomic E-state index is 0.0169. The number of rotatable bonds is 4. The monoisotopic (exact) mass is 306 g/mol. The zero-order chi connectivity index (χ0) is 15.6. The van der Waals surface area contributed by atoms with E-state index in [0.717, 1.165) is 11.1 Å². The molecule has 0 saturated heterocycles. The van der Waals surface area contributed by atoms with Crippen LogP contribution in [0.1, 0.15) is 11.1 Å². The van der Waals surface area contributed by atoms with Crippen LogP contribution in [0.15, 0.2) is 41.3 Å². The Balaban J connectivity index is 2.47. The molecule has 21 heavy (non-hydrogen) atoms. The zero-order valence-corrected chi connectivity index (χ0v) is 13.0. The van der Waals surface area contributed by atoms with Crippen LogP contribution in [-0.4, -0.2) is 15.5 Å². The van der Waals surface area contributed by atoms with Crippen molar-refractivity contribution in [2.24, 2.45) is 0 Å². The molecule has 2 rings (SSSR count). The average molecular weight is 306 g/mol. The first-order chi connectivity index (χ1) is 9.83. The molecule has 112 valence electrons. The zero-order valence-electron chi connectivity index (χ0n) is 12.2. The largest absolute Gasteiger partial charge is 0.456 e. The highest BCUT2D eigenvalue weighted by atomic mass is 32.2. The summed E-state index contributed by atoms with van der Waals surface area (Å²) >= 11 is 0. The number of benzene rings is 2. The maximum absolute atomic E-state index is 12.0. The van der Waals surface area contributed by atoms with Crippen molar-refractivity contribution < 1.29 is 13.2 Å². The number of hydrogen-bond acceptors (Lipinski definition) is 4. The Morgan fingerprint density at radius 3 is 2.38 bits per heavy atom. The molecule has 5 nitrogen and oxygen atoms in total. The van der Waals surface area contributed by atoms with E-state index in [1.807, 2.05) is 26.0 Å². The summed E-state index contributed by atoms with van der Waals surface area (Å²) in [7, 11) is -2.30. The highest BCUT2D eigenvalue weighted by Crippen LogP contribution is 2.31. The molecular formula is C15H18N2O3S. The van der Waals surface area contributed by atoms with Crippen molar-refractivity contribution in [2.75, 3.05) is 12.8 Å². The van der Waals surface area contributed by atoms with Crippen LogP contribution in [0.4, 0.5) is 5.69 Å². The maximum atomic E-state index is 12.0. The molecule has 0 aliphatic heterocycles. The third-order valence-electron chi connectivity index (χ3n) is 3.23. The smallest absolute Gasteiger partial charge is 0.244 e. The van der Waals surface area contributed by atoms with Gasteiger partial charge in [-0.3, -0.25) is 0 Å². The van der Waals surface area contributed by atoms with Gasteiger partial charge in [-0.25, -0.2) is 13.1 Å². The first kappa shape index (κ1) is 15.3. The molecule has 0 heterocycles. The SMILES string of the molecule is CNS(=O)(=O)c1cc(N)ccc1Oc1ccc(C)c(C)c1. The van der Waals surface area contributed by atoms with Crippen molar-refractivity contribution in [2.45, 2.75) is 18.7 Å². The van der Waals surface area contributed by atoms with Crippen LogP contribution in [0.5, 0.6) is 11.5 Å². The molecule has 0 spiro atoms. The van der Waals surface area contributed by atoms with Crippen LogP contribution in [0, 0.1) is 13.8 Å². The van der Waals surface area contributed by atoms with Crippen molar-refractivity contribution in [3.63, 3.8) is 0 Å². The lowest BCUT2D eigenvalue weighted by atomic mass is 10.1. The van der Waals surface area contributed by atoms with Crippen molar-refractivity contribution in [3.8, 4) is 11.5 Å². The van der Waals surface area contributed by atoms with E-state index in [0.29, 0.717) is 11.4 Å². The number of nitrogen functional groups attached to an aromatic ring is 1. The first-order valence-corrected chi connectivity index (χ1v) is 7.90. The number of aryl methyl sites for hydroxylation is 2. The molecule has 6 heteroatoms. The van der Waals surface area contributed by atoms with Gasteiger partial charge in [0.25, 0.3) is 0 Å². The van der Waals surface area contributed by atoms with Gasteiger partial charge < -0.3 is 10.5 Å². The lowest BCUT2D eigenvalue weighted by Gasteiger charge is -2.13. The summed E-state index contributed by atoms with van der Waals surface area (Å²) in [5.74, 6) is 0.817. The van der Waals surface area contributed by atoms with E-state index in [1.54, 1.807) is 18.2 Å². The topological polar surface area (TPSA) is 81.4 Å². The van der Waals surface area contributed by atoms with E-state index in [9.17, 15) is 8.42 Å². The predicted molar refractivity (Wildman–Crippen MR) is 83.1 cm³/mol. The molecule has 2 aromatic carbocycles. The Morgan fingerprint density at radius 2 is 1.76 bits per heavy atom. The summed E-state index contributed by atoms with van der Waals surface area (Å²) in [4.78, 5) is 0.0169. The van der Waals surface area contributed by atoms with E-state index in [-0.39, 0.29) is 10.6 Å². The molecule has 0 radical (unpaired) electrons. The average Bonchev–Trinajstić information content (AvgIpc) is 2.44. The molecule has 0 aliphatic carbocycles. The number of hydrogen-bond donors (Lipinski definition) is 2. The molecule has 3 N–H and O–H groups in total. The van der Waals surface area contributed by atoms with Crippen molar-refractivity contribution >= 4 is 15.7 Å². The van der Waals surface area contributed by atoms with E-state index in [1.165, 1.54) is 13.1 Å². The highest BCUT2D eigenvalue weighted by molar-refractivity contribution is 7.89. The standard InChI is InChI=1S/C15H18N2O3S/c1-10-4-6-13(8-11(10)2)20-14-7-5-12(16)9-15(14)21(18,19)17-3/h4-9,17H,16H2,1-3H3. The van der Waals surface area contributed by atoms with E-state index in [2.05, 4.69) is 4.72 Å². The Kier molecular flexibility index (Phi) is 4.20. The quantitative estimate of drug-likeness (QED) is 0.851. The van der Waals surface area contributed by atoms with Crippen LogP contribution in [-0.2, 0) is 10.0 Å². The van der Waals surface area contributed by atoms with Gasteiger partial charge in [0, 0.05) is 5.69 Å². The Bertz CT molecular complexity index is 770. The molecule has 0 bridgehead atoms. The number of ether oxygens (including phenoxy) is 1.